The number of nitrogens with one attached hydrogen (secondary N) is 2. The molecule has 148 valence electrons. The third kappa shape index (κ3) is 6.95. The minimum Gasteiger partial charge on any atom is -0.385 e. The number of aliphatic imine (C=N–C) groups is 1. The van der Waals surface area contributed by atoms with E-state index in [0.717, 1.165) is 32.1 Å². The highest BCUT2D eigenvalue weighted by molar-refractivity contribution is 14.0. The Labute approximate surface area is 176 Å². The Hall–Kier alpha value is -1.02. The fourth-order valence-electron chi connectivity index (χ4n) is 3.19. The third-order valence-electron chi connectivity index (χ3n) is 5.10. The summed E-state index contributed by atoms with van der Waals surface area (Å²) in [6.07, 6.45) is 5.03. The van der Waals surface area contributed by atoms with Crippen LogP contribution in [0.5, 0.6) is 0 Å². The van der Waals surface area contributed by atoms with Gasteiger partial charge in [0, 0.05) is 46.6 Å². The fourth-order valence-corrected chi connectivity index (χ4v) is 3.19. The second kappa shape index (κ2) is 11.6. The molecule has 1 fully saturated rings. The van der Waals surface area contributed by atoms with Crippen LogP contribution in [0.25, 0.3) is 0 Å². The van der Waals surface area contributed by atoms with Crippen LogP contribution < -0.4 is 15.5 Å². The molecule has 0 aromatic heterocycles. The maximum Gasteiger partial charge on any atom is 0.191 e. The zero-order valence-corrected chi connectivity index (χ0v) is 19.0. The fraction of sp³-hybridized carbons (Fsp3) is 0.650. The minimum atomic E-state index is 0. The first-order valence-electron chi connectivity index (χ1n) is 9.36. The summed E-state index contributed by atoms with van der Waals surface area (Å²) in [5.74, 6) is 0.905. The molecule has 1 aliphatic rings. The van der Waals surface area contributed by atoms with Crippen LogP contribution in [-0.2, 0) is 11.3 Å². The number of anilines is 1. The third-order valence-corrected chi connectivity index (χ3v) is 5.10. The molecule has 0 spiro atoms. The van der Waals surface area contributed by atoms with Gasteiger partial charge in [0.1, 0.15) is 0 Å². The number of rotatable bonds is 9. The summed E-state index contributed by atoms with van der Waals surface area (Å²) in [7, 11) is 5.90. The van der Waals surface area contributed by atoms with Crippen molar-refractivity contribution in [2.24, 2.45) is 10.4 Å². The van der Waals surface area contributed by atoms with Gasteiger partial charge < -0.3 is 20.3 Å². The van der Waals surface area contributed by atoms with E-state index in [1.807, 2.05) is 0 Å². The predicted octanol–water partition coefficient (Wildman–Crippen LogP) is 3.63. The first-order chi connectivity index (χ1) is 12.1. The summed E-state index contributed by atoms with van der Waals surface area (Å²) < 4.78 is 5.28. The number of nitrogens with zero attached hydrogens (tertiary/aromatic N) is 2. The van der Waals surface area contributed by atoms with E-state index in [1.54, 1.807) is 7.11 Å². The number of ether oxygens (including phenoxy) is 1. The SMILES string of the molecule is CCNC(=NCc1ccc(N(C)C)cc1)NCC1(CCOC)CCC1.I. The van der Waals surface area contributed by atoms with Crippen molar-refractivity contribution in [3.63, 3.8) is 0 Å². The highest BCUT2D eigenvalue weighted by Crippen LogP contribution is 2.43. The summed E-state index contributed by atoms with van der Waals surface area (Å²) in [6.45, 7) is 5.48. The summed E-state index contributed by atoms with van der Waals surface area (Å²) >= 11 is 0. The standard InChI is InChI=1S/C20H34N4O.HI/c1-5-21-19(23-16-20(11-6-12-20)13-14-25-4)22-15-17-7-9-18(10-8-17)24(2)3;/h7-10H,5-6,11-16H2,1-4H3,(H2,21,22,23);1H. The van der Waals surface area contributed by atoms with Gasteiger partial charge in [-0.3, -0.25) is 0 Å². The number of benzene rings is 1. The van der Waals surface area contributed by atoms with Crippen molar-refractivity contribution in [2.45, 2.75) is 39.2 Å². The molecule has 1 aromatic carbocycles. The Kier molecular flexibility index (Phi) is 10.3. The normalized spacial score (nSPS) is 15.6. The van der Waals surface area contributed by atoms with Crippen LogP contribution in [0.3, 0.4) is 0 Å². The van der Waals surface area contributed by atoms with Gasteiger partial charge >= 0.3 is 0 Å². The lowest BCUT2D eigenvalue weighted by atomic mass is 9.67. The van der Waals surface area contributed by atoms with Crippen LogP contribution >= 0.6 is 24.0 Å². The monoisotopic (exact) mass is 474 g/mol. The van der Waals surface area contributed by atoms with Crippen LogP contribution in [0.15, 0.2) is 29.3 Å². The van der Waals surface area contributed by atoms with Gasteiger partial charge in [-0.05, 0) is 49.3 Å². The molecule has 1 aromatic rings. The first-order valence-corrected chi connectivity index (χ1v) is 9.36. The molecule has 0 unspecified atom stereocenters. The Morgan fingerprint density at radius 3 is 2.38 bits per heavy atom. The lowest BCUT2D eigenvalue weighted by Gasteiger charge is -2.42. The van der Waals surface area contributed by atoms with Gasteiger partial charge in [0.05, 0.1) is 6.54 Å². The Morgan fingerprint density at radius 2 is 1.88 bits per heavy atom. The quantitative estimate of drug-likeness (QED) is 0.326. The largest absolute Gasteiger partial charge is 0.385 e. The van der Waals surface area contributed by atoms with Crippen LogP contribution in [0.2, 0.25) is 0 Å². The van der Waals surface area contributed by atoms with Gasteiger partial charge in [0.25, 0.3) is 0 Å². The van der Waals surface area contributed by atoms with E-state index in [0.29, 0.717) is 12.0 Å². The van der Waals surface area contributed by atoms with E-state index in [9.17, 15) is 0 Å². The second-order valence-electron chi connectivity index (χ2n) is 7.21. The predicted molar refractivity (Wildman–Crippen MR) is 122 cm³/mol. The summed E-state index contributed by atoms with van der Waals surface area (Å²) in [6, 6.07) is 8.57. The number of guanidine groups is 1. The van der Waals surface area contributed by atoms with Crippen molar-refractivity contribution in [1.29, 1.82) is 0 Å². The second-order valence-corrected chi connectivity index (χ2v) is 7.21. The maximum absolute atomic E-state index is 5.28. The molecule has 0 heterocycles. The lowest BCUT2D eigenvalue weighted by molar-refractivity contribution is 0.0732. The van der Waals surface area contributed by atoms with Crippen LogP contribution in [0.4, 0.5) is 5.69 Å². The van der Waals surface area contributed by atoms with E-state index in [4.69, 9.17) is 9.73 Å². The highest BCUT2D eigenvalue weighted by Gasteiger charge is 2.36. The molecule has 0 radical (unpaired) electrons. The number of hydrogen-bond acceptors (Lipinski definition) is 3. The van der Waals surface area contributed by atoms with E-state index in [-0.39, 0.29) is 24.0 Å². The van der Waals surface area contributed by atoms with Crippen LogP contribution in [0, 0.1) is 5.41 Å². The lowest BCUT2D eigenvalue weighted by Crippen LogP contribution is -2.46. The highest BCUT2D eigenvalue weighted by atomic mass is 127. The molecule has 0 aliphatic heterocycles. The zero-order chi connectivity index (χ0) is 18.1. The van der Waals surface area contributed by atoms with Gasteiger partial charge in [-0.15, -0.1) is 24.0 Å². The molecule has 1 saturated carbocycles. The molecule has 0 amide bonds. The molecule has 2 rings (SSSR count). The molecule has 1 aliphatic carbocycles. The smallest absolute Gasteiger partial charge is 0.191 e. The molecular formula is C20H35IN4O. The molecular weight excluding hydrogens is 439 g/mol. The molecule has 6 heteroatoms. The van der Waals surface area contributed by atoms with Gasteiger partial charge in [0.2, 0.25) is 0 Å². The molecule has 26 heavy (non-hydrogen) atoms. The van der Waals surface area contributed by atoms with Crippen molar-refractivity contribution in [3.8, 4) is 0 Å². The van der Waals surface area contributed by atoms with Gasteiger partial charge in [0.15, 0.2) is 5.96 Å². The molecule has 0 saturated heterocycles. The topological polar surface area (TPSA) is 48.9 Å². The first kappa shape index (κ1) is 23.0. The number of hydrogen-bond donors (Lipinski definition) is 2. The average Bonchev–Trinajstić information content (AvgIpc) is 2.58. The van der Waals surface area contributed by atoms with E-state index < -0.39 is 0 Å². The van der Waals surface area contributed by atoms with Gasteiger partial charge in [-0.25, -0.2) is 4.99 Å². The summed E-state index contributed by atoms with van der Waals surface area (Å²) in [5.41, 5.74) is 2.82. The van der Waals surface area contributed by atoms with Crippen LogP contribution in [0.1, 0.15) is 38.2 Å². The van der Waals surface area contributed by atoms with Crippen molar-refractivity contribution < 1.29 is 4.74 Å². The molecule has 2 N–H and O–H groups in total. The summed E-state index contributed by atoms with van der Waals surface area (Å²) in [5, 5.41) is 6.91. The van der Waals surface area contributed by atoms with Crippen molar-refractivity contribution >= 4 is 35.6 Å². The minimum absolute atomic E-state index is 0. The van der Waals surface area contributed by atoms with Gasteiger partial charge in [-0.1, -0.05) is 18.6 Å². The Bertz CT molecular complexity index is 541. The van der Waals surface area contributed by atoms with Crippen LogP contribution in [-0.4, -0.2) is 46.9 Å². The zero-order valence-electron chi connectivity index (χ0n) is 16.7. The van der Waals surface area contributed by atoms with Crippen molar-refractivity contribution in [1.82, 2.24) is 10.6 Å². The Balaban J connectivity index is 0.00000338. The van der Waals surface area contributed by atoms with Gasteiger partial charge in [-0.2, -0.15) is 0 Å². The average molecular weight is 474 g/mol. The number of halogens is 1. The molecule has 5 nitrogen and oxygen atoms in total. The van der Waals surface area contributed by atoms with Crippen molar-refractivity contribution in [3.05, 3.63) is 29.8 Å². The van der Waals surface area contributed by atoms with E-state index >= 15 is 0 Å². The Morgan fingerprint density at radius 1 is 1.19 bits per heavy atom. The maximum atomic E-state index is 5.28. The molecule has 0 atom stereocenters. The molecule has 0 bridgehead atoms. The van der Waals surface area contributed by atoms with E-state index in [2.05, 4.69) is 60.8 Å². The number of methoxy groups -OCH3 is 1. The summed E-state index contributed by atoms with van der Waals surface area (Å²) in [4.78, 5) is 6.86. The van der Waals surface area contributed by atoms with Crippen molar-refractivity contribution in [2.75, 3.05) is 45.8 Å². The van der Waals surface area contributed by atoms with E-state index in [1.165, 1.54) is 30.5 Å².